The topological polar surface area (TPSA) is 25.8 Å². The molecule has 0 aliphatic rings. The number of hydrogen-bond acceptors (Lipinski definition) is 2. The largest absolute Gasteiger partial charge is 0.228 e. The van der Waals surface area contributed by atoms with Gasteiger partial charge in [0.05, 0.1) is 11.4 Å². The molecule has 0 aliphatic heterocycles. The smallest absolute Gasteiger partial charge is 0.160 e. The Bertz CT molecular complexity index is 1960. The van der Waals surface area contributed by atoms with Crippen LogP contribution in [0.15, 0.2) is 127 Å². The standard InChI is InChI=1S/C46H48N2/c1-44(2,3)38-25-35(24-36(26-38)37-27-39(45(4,5)6)29-40(28-37)46(7,8)9)33-21-16-22-34(23-33)43-47-41(31-17-12-10-13-18-31)30-42(48-43)32-19-14-11-15-20-32/h10-30H,1-9H3. The van der Waals surface area contributed by atoms with E-state index in [-0.39, 0.29) is 16.2 Å². The van der Waals surface area contributed by atoms with Gasteiger partial charge < -0.3 is 0 Å². The Morgan fingerprint density at radius 3 is 1.12 bits per heavy atom. The van der Waals surface area contributed by atoms with Crippen LogP contribution >= 0.6 is 0 Å². The van der Waals surface area contributed by atoms with Crippen molar-refractivity contribution in [3.8, 4) is 56.2 Å². The molecule has 242 valence electrons. The zero-order valence-electron chi connectivity index (χ0n) is 30.0. The SMILES string of the molecule is CC(C)(C)c1cc(-c2cccc(-c3nc(-c4ccccc4)cc(-c4ccccc4)n3)c2)cc(-c2cc(C(C)(C)C)cc(C(C)(C)C)c2)c1. The van der Waals surface area contributed by atoms with Gasteiger partial charge in [-0.05, 0) is 73.4 Å². The summed E-state index contributed by atoms with van der Waals surface area (Å²) in [5.74, 6) is 0.719. The van der Waals surface area contributed by atoms with E-state index in [0.717, 1.165) is 39.5 Å². The molecular weight excluding hydrogens is 581 g/mol. The molecule has 0 aliphatic carbocycles. The third-order valence-electron chi connectivity index (χ3n) is 9.12. The molecule has 1 aromatic heterocycles. The highest BCUT2D eigenvalue weighted by Gasteiger charge is 2.23. The van der Waals surface area contributed by atoms with Crippen LogP contribution in [0.3, 0.4) is 0 Å². The average Bonchev–Trinajstić information content (AvgIpc) is 3.07. The van der Waals surface area contributed by atoms with Crippen LogP contribution in [0.2, 0.25) is 0 Å². The van der Waals surface area contributed by atoms with Crippen molar-refractivity contribution >= 4 is 0 Å². The first-order valence-electron chi connectivity index (χ1n) is 17.1. The predicted molar refractivity (Wildman–Crippen MR) is 205 cm³/mol. The normalized spacial score (nSPS) is 12.3. The molecular formula is C46H48N2. The van der Waals surface area contributed by atoms with Crippen molar-refractivity contribution in [2.75, 3.05) is 0 Å². The Balaban J connectivity index is 1.51. The Labute approximate surface area is 288 Å². The van der Waals surface area contributed by atoms with Crippen LogP contribution in [0.1, 0.15) is 79.0 Å². The highest BCUT2D eigenvalue weighted by molar-refractivity contribution is 5.79. The molecule has 0 spiro atoms. The van der Waals surface area contributed by atoms with Crippen LogP contribution in [0.4, 0.5) is 0 Å². The second kappa shape index (κ2) is 12.7. The molecule has 0 amide bonds. The summed E-state index contributed by atoms with van der Waals surface area (Å²) in [7, 11) is 0. The van der Waals surface area contributed by atoms with Gasteiger partial charge in [-0.25, -0.2) is 9.97 Å². The van der Waals surface area contributed by atoms with E-state index in [0.29, 0.717) is 0 Å². The highest BCUT2D eigenvalue weighted by Crippen LogP contribution is 2.38. The van der Waals surface area contributed by atoms with Crippen LogP contribution in [-0.4, -0.2) is 9.97 Å². The number of hydrogen-bond donors (Lipinski definition) is 0. The third-order valence-corrected chi connectivity index (χ3v) is 9.12. The molecule has 0 radical (unpaired) electrons. The minimum absolute atomic E-state index is 0.0193. The van der Waals surface area contributed by atoms with Gasteiger partial charge in [0, 0.05) is 16.7 Å². The lowest BCUT2D eigenvalue weighted by molar-refractivity contribution is 0.569. The molecule has 0 atom stereocenters. The number of nitrogens with zero attached hydrogens (tertiary/aromatic N) is 2. The summed E-state index contributed by atoms with van der Waals surface area (Å²) in [5, 5.41) is 0. The van der Waals surface area contributed by atoms with Gasteiger partial charge in [-0.2, -0.15) is 0 Å². The maximum atomic E-state index is 5.11. The maximum absolute atomic E-state index is 5.11. The summed E-state index contributed by atoms with van der Waals surface area (Å²) >= 11 is 0. The van der Waals surface area contributed by atoms with Crippen LogP contribution in [-0.2, 0) is 16.2 Å². The molecule has 48 heavy (non-hydrogen) atoms. The summed E-state index contributed by atoms with van der Waals surface area (Å²) in [6.07, 6.45) is 0. The van der Waals surface area contributed by atoms with Crippen LogP contribution < -0.4 is 0 Å². The fourth-order valence-electron chi connectivity index (χ4n) is 5.98. The lowest BCUT2D eigenvalue weighted by atomic mass is 9.78. The predicted octanol–water partition coefficient (Wildman–Crippen LogP) is 12.7. The van der Waals surface area contributed by atoms with E-state index in [1.54, 1.807) is 0 Å². The van der Waals surface area contributed by atoms with Crippen molar-refractivity contribution in [3.63, 3.8) is 0 Å². The quantitative estimate of drug-likeness (QED) is 0.190. The van der Waals surface area contributed by atoms with E-state index in [2.05, 4.69) is 178 Å². The van der Waals surface area contributed by atoms with E-state index in [9.17, 15) is 0 Å². The van der Waals surface area contributed by atoms with Gasteiger partial charge in [0.25, 0.3) is 0 Å². The van der Waals surface area contributed by atoms with Gasteiger partial charge in [0.2, 0.25) is 0 Å². The molecule has 0 saturated carbocycles. The van der Waals surface area contributed by atoms with Gasteiger partial charge in [-0.15, -0.1) is 0 Å². The zero-order chi connectivity index (χ0) is 34.3. The molecule has 0 bridgehead atoms. The van der Waals surface area contributed by atoms with Crippen LogP contribution in [0.5, 0.6) is 0 Å². The van der Waals surface area contributed by atoms with Gasteiger partial charge >= 0.3 is 0 Å². The Morgan fingerprint density at radius 2 is 0.667 bits per heavy atom. The maximum Gasteiger partial charge on any atom is 0.160 e. The first-order valence-corrected chi connectivity index (χ1v) is 17.1. The van der Waals surface area contributed by atoms with Crippen molar-refractivity contribution < 1.29 is 0 Å². The Morgan fingerprint density at radius 1 is 0.312 bits per heavy atom. The summed E-state index contributed by atoms with van der Waals surface area (Å²) < 4.78 is 0. The minimum atomic E-state index is -0.0193. The second-order valence-electron chi connectivity index (χ2n) is 16.1. The lowest BCUT2D eigenvalue weighted by Gasteiger charge is -2.27. The second-order valence-corrected chi connectivity index (χ2v) is 16.1. The molecule has 6 aromatic rings. The Hall–Kier alpha value is -4.82. The fourth-order valence-corrected chi connectivity index (χ4v) is 5.98. The van der Waals surface area contributed by atoms with Crippen molar-refractivity contribution in [2.45, 2.75) is 78.6 Å². The molecule has 5 aromatic carbocycles. The van der Waals surface area contributed by atoms with Gasteiger partial charge in [-0.1, -0.05) is 172 Å². The summed E-state index contributed by atoms with van der Waals surface area (Å²) in [4.78, 5) is 10.2. The minimum Gasteiger partial charge on any atom is -0.228 e. The molecule has 0 unspecified atom stereocenters. The van der Waals surface area contributed by atoms with E-state index < -0.39 is 0 Å². The molecule has 0 fully saturated rings. The van der Waals surface area contributed by atoms with Crippen molar-refractivity contribution in [1.82, 2.24) is 9.97 Å². The molecule has 0 N–H and O–H groups in total. The van der Waals surface area contributed by atoms with Crippen molar-refractivity contribution in [2.24, 2.45) is 0 Å². The van der Waals surface area contributed by atoms with Gasteiger partial charge in [0.15, 0.2) is 5.82 Å². The van der Waals surface area contributed by atoms with Crippen LogP contribution in [0, 0.1) is 0 Å². The summed E-state index contributed by atoms with van der Waals surface area (Å²) in [5.41, 5.74) is 13.9. The summed E-state index contributed by atoms with van der Waals surface area (Å²) in [6.45, 7) is 20.7. The van der Waals surface area contributed by atoms with E-state index >= 15 is 0 Å². The third kappa shape index (κ3) is 7.34. The molecule has 1 heterocycles. The summed E-state index contributed by atoms with van der Waals surface area (Å²) in [6, 6.07) is 45.8. The van der Waals surface area contributed by atoms with E-state index in [1.165, 1.54) is 33.4 Å². The van der Waals surface area contributed by atoms with E-state index in [1.807, 2.05) is 12.1 Å². The van der Waals surface area contributed by atoms with Crippen molar-refractivity contribution in [1.29, 1.82) is 0 Å². The fraction of sp³-hybridized carbons (Fsp3) is 0.261. The molecule has 2 nitrogen and oxygen atoms in total. The molecule has 6 rings (SSSR count). The van der Waals surface area contributed by atoms with E-state index in [4.69, 9.17) is 9.97 Å². The van der Waals surface area contributed by atoms with Crippen LogP contribution in [0.25, 0.3) is 56.2 Å². The number of benzene rings is 5. The van der Waals surface area contributed by atoms with Gasteiger partial charge in [0.1, 0.15) is 0 Å². The number of rotatable bonds is 5. The highest BCUT2D eigenvalue weighted by atomic mass is 14.9. The first-order chi connectivity index (χ1) is 22.6. The monoisotopic (exact) mass is 628 g/mol. The Kier molecular flexibility index (Phi) is 8.73. The average molecular weight is 629 g/mol. The molecule has 2 heteroatoms. The molecule has 0 saturated heterocycles. The number of aromatic nitrogens is 2. The van der Waals surface area contributed by atoms with Gasteiger partial charge in [-0.3, -0.25) is 0 Å². The van der Waals surface area contributed by atoms with Crippen molar-refractivity contribution in [3.05, 3.63) is 144 Å². The zero-order valence-corrected chi connectivity index (χ0v) is 30.0. The first kappa shape index (κ1) is 33.1. The lowest BCUT2D eigenvalue weighted by Crippen LogP contribution is -2.16.